The van der Waals surface area contributed by atoms with Crippen LogP contribution in [0.4, 0.5) is 13.2 Å². The molecule has 1 aliphatic carbocycles. The summed E-state index contributed by atoms with van der Waals surface area (Å²) in [5, 5.41) is 20.5. The maximum absolute atomic E-state index is 13.0. The molecule has 1 aromatic carbocycles. The average molecular weight is 436 g/mol. The highest BCUT2D eigenvalue weighted by molar-refractivity contribution is 7.89. The molecule has 0 amide bonds. The molecule has 6 nitrogen and oxygen atoms in total. The van der Waals surface area contributed by atoms with Crippen molar-refractivity contribution in [2.75, 3.05) is 19.6 Å². The molecule has 3 atom stereocenters. The Balaban J connectivity index is 1.77. The molecular formula is C19H27F3N2O4S. The third-order valence-electron chi connectivity index (χ3n) is 6.13. The molecule has 1 saturated carbocycles. The summed E-state index contributed by atoms with van der Waals surface area (Å²) in [5.41, 5.74) is -4.46. The van der Waals surface area contributed by atoms with Crippen LogP contribution in [0.5, 0.6) is 0 Å². The quantitative estimate of drug-likeness (QED) is 0.740. The SMILES string of the molecule is CC1CN(C(C)(O)C2CC2)CCN1S(=O)(=O)c1ccc(C(C)(O)C(F)(F)F)cc1. The molecule has 2 N–H and O–H groups in total. The van der Waals surface area contributed by atoms with Crippen LogP contribution in [-0.2, 0) is 15.6 Å². The highest BCUT2D eigenvalue weighted by Gasteiger charge is 2.51. The van der Waals surface area contributed by atoms with Crippen molar-refractivity contribution in [3.63, 3.8) is 0 Å². The summed E-state index contributed by atoms with van der Waals surface area (Å²) in [4.78, 5) is 1.76. The van der Waals surface area contributed by atoms with Gasteiger partial charge in [0.05, 0.1) is 4.90 Å². The van der Waals surface area contributed by atoms with Gasteiger partial charge in [-0.2, -0.15) is 17.5 Å². The van der Waals surface area contributed by atoms with E-state index >= 15 is 0 Å². The van der Waals surface area contributed by atoms with Crippen LogP contribution in [-0.4, -0.2) is 65.4 Å². The largest absolute Gasteiger partial charge is 0.421 e. The van der Waals surface area contributed by atoms with Gasteiger partial charge in [-0.15, -0.1) is 0 Å². The molecule has 1 aliphatic heterocycles. The lowest BCUT2D eigenvalue weighted by molar-refractivity contribution is -0.258. The first-order valence-corrected chi connectivity index (χ1v) is 11.0. The van der Waals surface area contributed by atoms with Crippen molar-refractivity contribution in [1.29, 1.82) is 0 Å². The number of benzene rings is 1. The first-order chi connectivity index (χ1) is 13.2. The molecule has 1 heterocycles. The second-order valence-corrected chi connectivity index (χ2v) is 10.3. The zero-order chi connectivity index (χ0) is 21.8. The Morgan fingerprint density at radius 3 is 2.03 bits per heavy atom. The Morgan fingerprint density at radius 1 is 1.03 bits per heavy atom. The topological polar surface area (TPSA) is 81.1 Å². The minimum absolute atomic E-state index is 0.131. The molecule has 1 saturated heterocycles. The Kier molecular flexibility index (Phi) is 5.58. The fourth-order valence-corrected chi connectivity index (χ4v) is 5.46. The van der Waals surface area contributed by atoms with Crippen LogP contribution in [0.15, 0.2) is 29.2 Å². The number of hydrogen-bond donors (Lipinski definition) is 2. The average Bonchev–Trinajstić information content (AvgIpc) is 3.46. The number of aliphatic hydroxyl groups is 2. The van der Waals surface area contributed by atoms with Gasteiger partial charge in [-0.05, 0) is 51.3 Å². The van der Waals surface area contributed by atoms with E-state index in [2.05, 4.69) is 0 Å². The first-order valence-electron chi connectivity index (χ1n) is 9.58. The number of sulfonamides is 1. The second kappa shape index (κ2) is 7.19. The van der Waals surface area contributed by atoms with E-state index in [9.17, 15) is 31.8 Å². The van der Waals surface area contributed by atoms with Crippen molar-refractivity contribution in [2.24, 2.45) is 5.92 Å². The van der Waals surface area contributed by atoms with E-state index in [-0.39, 0.29) is 17.4 Å². The predicted octanol–water partition coefficient (Wildman–Crippen LogP) is 2.27. The highest BCUT2D eigenvalue weighted by atomic mass is 32.2. The summed E-state index contributed by atoms with van der Waals surface area (Å²) in [6.07, 6.45) is -2.97. The van der Waals surface area contributed by atoms with Gasteiger partial charge < -0.3 is 10.2 Å². The summed E-state index contributed by atoms with van der Waals surface area (Å²) in [5.74, 6) is 0.201. The third kappa shape index (κ3) is 4.05. The van der Waals surface area contributed by atoms with Gasteiger partial charge in [-0.1, -0.05) is 12.1 Å². The minimum atomic E-state index is -4.88. The van der Waals surface area contributed by atoms with Gasteiger partial charge in [-0.25, -0.2) is 8.42 Å². The van der Waals surface area contributed by atoms with Gasteiger partial charge >= 0.3 is 6.18 Å². The maximum Gasteiger partial charge on any atom is 0.421 e. The lowest BCUT2D eigenvalue weighted by Crippen LogP contribution is -2.60. The van der Waals surface area contributed by atoms with Crippen LogP contribution in [0, 0.1) is 5.92 Å². The second-order valence-electron chi connectivity index (χ2n) is 8.37. The molecule has 1 aromatic rings. The zero-order valence-corrected chi connectivity index (χ0v) is 17.5. The van der Waals surface area contributed by atoms with E-state index in [4.69, 9.17) is 0 Å². The Hall–Kier alpha value is -1.20. The molecule has 2 fully saturated rings. The molecule has 10 heteroatoms. The number of piperazine rings is 1. The summed E-state index contributed by atoms with van der Waals surface area (Å²) >= 11 is 0. The van der Waals surface area contributed by atoms with Crippen molar-refractivity contribution in [3.05, 3.63) is 29.8 Å². The summed E-state index contributed by atoms with van der Waals surface area (Å²) in [6.45, 7) is 5.04. The number of nitrogens with zero attached hydrogens (tertiary/aromatic N) is 2. The molecule has 0 bridgehead atoms. The van der Waals surface area contributed by atoms with E-state index in [1.165, 1.54) is 4.31 Å². The van der Waals surface area contributed by atoms with Crippen LogP contribution >= 0.6 is 0 Å². The minimum Gasteiger partial charge on any atom is -0.376 e. The van der Waals surface area contributed by atoms with E-state index in [1.807, 2.05) is 4.90 Å². The van der Waals surface area contributed by atoms with Crippen LogP contribution in [0.25, 0.3) is 0 Å². The molecular weight excluding hydrogens is 409 g/mol. The van der Waals surface area contributed by atoms with E-state index < -0.39 is 39.1 Å². The Morgan fingerprint density at radius 2 is 1.59 bits per heavy atom. The molecule has 0 radical (unpaired) electrons. The number of halogens is 3. The molecule has 0 aromatic heterocycles. The van der Waals surface area contributed by atoms with Gasteiger partial charge in [0.1, 0.15) is 5.72 Å². The van der Waals surface area contributed by atoms with Crippen LogP contribution in [0.3, 0.4) is 0 Å². The molecule has 29 heavy (non-hydrogen) atoms. The van der Waals surface area contributed by atoms with Crippen molar-refractivity contribution in [2.45, 2.75) is 62.1 Å². The monoisotopic (exact) mass is 436 g/mol. The molecule has 2 aliphatic rings. The molecule has 3 unspecified atom stereocenters. The Bertz CT molecular complexity index is 849. The summed E-state index contributed by atoms with van der Waals surface area (Å²) in [6, 6.07) is 3.74. The van der Waals surface area contributed by atoms with Gasteiger partial charge in [0.25, 0.3) is 0 Å². The molecule has 164 valence electrons. The van der Waals surface area contributed by atoms with Gasteiger partial charge in [0.15, 0.2) is 5.60 Å². The Labute approximate surface area is 169 Å². The fourth-order valence-electron chi connectivity index (χ4n) is 3.85. The fraction of sp³-hybridized carbons (Fsp3) is 0.684. The standard InChI is InChI=1S/C19H27F3N2O4S/c1-13-12-23(18(3,26)15-4-5-15)10-11-24(13)29(27,28)16-8-6-14(7-9-16)17(2,25)19(20,21)22/h6-9,13,15,25-26H,4-5,10-12H2,1-3H3. The van der Waals surface area contributed by atoms with Crippen LogP contribution in [0.1, 0.15) is 39.2 Å². The van der Waals surface area contributed by atoms with Gasteiger partial charge in [0.2, 0.25) is 10.0 Å². The summed E-state index contributed by atoms with van der Waals surface area (Å²) in [7, 11) is -3.92. The van der Waals surface area contributed by atoms with Crippen molar-refractivity contribution in [3.8, 4) is 0 Å². The normalized spacial score (nSPS) is 26.7. The number of alkyl halides is 3. The van der Waals surface area contributed by atoms with Crippen molar-refractivity contribution in [1.82, 2.24) is 9.21 Å². The smallest absolute Gasteiger partial charge is 0.376 e. The van der Waals surface area contributed by atoms with Crippen LogP contribution < -0.4 is 0 Å². The predicted molar refractivity (Wildman–Crippen MR) is 100 cm³/mol. The lowest BCUT2D eigenvalue weighted by Gasteiger charge is -2.45. The van der Waals surface area contributed by atoms with E-state index in [0.29, 0.717) is 20.0 Å². The van der Waals surface area contributed by atoms with Gasteiger partial charge in [0, 0.05) is 31.6 Å². The van der Waals surface area contributed by atoms with Crippen molar-refractivity contribution < 1.29 is 31.8 Å². The molecule has 3 rings (SSSR count). The molecule has 0 spiro atoms. The highest BCUT2D eigenvalue weighted by Crippen LogP contribution is 2.42. The van der Waals surface area contributed by atoms with Crippen LogP contribution in [0.2, 0.25) is 0 Å². The van der Waals surface area contributed by atoms with E-state index in [1.54, 1.807) is 13.8 Å². The maximum atomic E-state index is 13.0. The zero-order valence-electron chi connectivity index (χ0n) is 16.6. The lowest BCUT2D eigenvalue weighted by atomic mass is 9.96. The number of rotatable bonds is 5. The first kappa shape index (κ1) is 22.5. The summed E-state index contributed by atoms with van der Waals surface area (Å²) < 4.78 is 66.3. The number of hydrogen-bond acceptors (Lipinski definition) is 5. The van der Waals surface area contributed by atoms with E-state index in [0.717, 1.165) is 37.1 Å². The third-order valence-corrected chi connectivity index (χ3v) is 8.16. The van der Waals surface area contributed by atoms with Gasteiger partial charge in [-0.3, -0.25) is 4.90 Å². The van der Waals surface area contributed by atoms with Crippen molar-refractivity contribution >= 4 is 10.0 Å².